The van der Waals surface area contributed by atoms with Crippen molar-refractivity contribution in [2.24, 2.45) is 0 Å². The molecule has 0 radical (unpaired) electrons. The third-order valence-electron chi connectivity index (χ3n) is 8.83. The van der Waals surface area contributed by atoms with Gasteiger partial charge in [0.25, 0.3) is 0 Å². The first-order valence-electron chi connectivity index (χ1n) is 16.8. The fourth-order valence-corrected chi connectivity index (χ4v) is 6.88. The van der Waals surface area contributed by atoms with E-state index in [1.165, 1.54) is 70.7 Å². The van der Waals surface area contributed by atoms with E-state index in [0.29, 0.717) is 55.3 Å². The number of ether oxygens (including phenoxy) is 10. The second-order valence-corrected chi connectivity index (χ2v) is 12.3. The van der Waals surface area contributed by atoms with Crippen molar-refractivity contribution in [1.29, 1.82) is 0 Å². The van der Waals surface area contributed by atoms with Gasteiger partial charge < -0.3 is 47.4 Å². The lowest BCUT2D eigenvalue weighted by Gasteiger charge is -2.26. The third kappa shape index (κ3) is 7.73. The maximum Gasteiger partial charge on any atom is 0.345 e. The van der Waals surface area contributed by atoms with Gasteiger partial charge in [0.15, 0.2) is 0 Å². The number of benzene rings is 4. The maximum absolute atomic E-state index is 13.7. The lowest BCUT2D eigenvalue weighted by atomic mass is 9.85. The average Bonchev–Trinajstić information content (AvgIpc) is 3.14. The molecular formula is C40H46O14. The molecular weight excluding hydrogens is 704 g/mol. The monoisotopic (exact) mass is 750 g/mol. The van der Waals surface area contributed by atoms with Gasteiger partial charge in [0.2, 0.25) is 0 Å². The van der Waals surface area contributed by atoms with Crippen molar-refractivity contribution < 1.29 is 66.5 Å². The van der Waals surface area contributed by atoms with Crippen LogP contribution in [0.3, 0.4) is 0 Å². The largest absolute Gasteiger partial charge is 0.496 e. The number of fused-ring (bicyclic) bond motifs is 2. The highest BCUT2D eigenvalue weighted by Crippen LogP contribution is 2.55. The summed E-state index contributed by atoms with van der Waals surface area (Å²) in [6.45, 7) is 6.16. The van der Waals surface area contributed by atoms with Crippen molar-refractivity contribution in [3.05, 3.63) is 46.5 Å². The number of esters is 4. The smallest absolute Gasteiger partial charge is 0.345 e. The normalized spacial score (nSPS) is 12.0. The Balaban J connectivity index is 2.40. The van der Waals surface area contributed by atoms with Crippen LogP contribution >= 0.6 is 0 Å². The van der Waals surface area contributed by atoms with E-state index in [9.17, 15) is 19.2 Å². The molecule has 2 atom stereocenters. The summed E-state index contributed by atoms with van der Waals surface area (Å²) in [4.78, 5) is 51.2. The summed E-state index contributed by atoms with van der Waals surface area (Å²) in [6.07, 6.45) is -0.616. The Kier molecular flexibility index (Phi) is 13.1. The number of hydrogen-bond donors (Lipinski definition) is 0. The van der Waals surface area contributed by atoms with Gasteiger partial charge in [0.05, 0.1) is 56.9 Å². The van der Waals surface area contributed by atoms with E-state index in [4.69, 9.17) is 47.4 Å². The zero-order valence-corrected chi connectivity index (χ0v) is 32.6. The van der Waals surface area contributed by atoms with E-state index in [1.807, 2.05) is 12.1 Å². The molecule has 0 spiro atoms. The fourth-order valence-electron chi connectivity index (χ4n) is 6.88. The van der Waals surface area contributed by atoms with Gasteiger partial charge in [0, 0.05) is 48.6 Å². The highest BCUT2D eigenvalue weighted by atomic mass is 16.6. The van der Waals surface area contributed by atoms with Crippen LogP contribution in [0.5, 0.6) is 34.5 Å². The van der Waals surface area contributed by atoms with Crippen LogP contribution in [-0.2, 0) is 41.4 Å². The molecule has 0 aliphatic rings. The van der Waals surface area contributed by atoms with Crippen LogP contribution in [0.25, 0.3) is 32.7 Å². The SMILES string of the molecule is COC(=O)c1c(OC)c(-c2c(OC)c(C(=O)OC)c(OC)c3cc(OC)c(C[C@@H](C)OC(C)=O)cc23)c2cc(C[C@@H](C)OC(C)=O)c(OC)cc2c1OC. The van der Waals surface area contributed by atoms with Crippen LogP contribution in [0.2, 0.25) is 0 Å². The van der Waals surface area contributed by atoms with Gasteiger partial charge in [-0.2, -0.15) is 0 Å². The molecule has 4 rings (SSSR count). The first kappa shape index (κ1) is 40.8. The third-order valence-corrected chi connectivity index (χ3v) is 8.83. The van der Waals surface area contributed by atoms with Crippen LogP contribution < -0.4 is 28.4 Å². The van der Waals surface area contributed by atoms with Gasteiger partial charge in [0.1, 0.15) is 57.8 Å². The number of hydrogen-bond acceptors (Lipinski definition) is 14. The summed E-state index contributed by atoms with van der Waals surface area (Å²) in [6, 6.07) is 7.04. The molecule has 0 aliphatic heterocycles. The van der Waals surface area contributed by atoms with Crippen LogP contribution in [0.1, 0.15) is 59.5 Å². The molecule has 0 heterocycles. The van der Waals surface area contributed by atoms with Gasteiger partial charge >= 0.3 is 23.9 Å². The zero-order chi connectivity index (χ0) is 40.0. The summed E-state index contributed by atoms with van der Waals surface area (Å²) < 4.78 is 57.0. The number of carbonyl (C=O) groups excluding carboxylic acids is 4. The van der Waals surface area contributed by atoms with Crippen molar-refractivity contribution in [3.8, 4) is 45.6 Å². The Bertz CT molecular complexity index is 1950. The molecule has 0 amide bonds. The Morgan fingerprint density at radius 3 is 1.07 bits per heavy atom. The number of rotatable bonds is 15. The lowest BCUT2D eigenvalue weighted by Crippen LogP contribution is -2.16. The lowest BCUT2D eigenvalue weighted by molar-refractivity contribution is -0.146. The van der Waals surface area contributed by atoms with Crippen LogP contribution in [0.15, 0.2) is 24.3 Å². The minimum absolute atomic E-state index is 0.0292. The second kappa shape index (κ2) is 17.3. The first-order chi connectivity index (χ1) is 25.7. The minimum atomic E-state index is -0.777. The molecule has 54 heavy (non-hydrogen) atoms. The van der Waals surface area contributed by atoms with Gasteiger partial charge in [-0.3, -0.25) is 9.59 Å². The highest BCUT2D eigenvalue weighted by Gasteiger charge is 2.35. The van der Waals surface area contributed by atoms with Crippen molar-refractivity contribution in [1.82, 2.24) is 0 Å². The van der Waals surface area contributed by atoms with Crippen LogP contribution in [0, 0.1) is 0 Å². The summed E-state index contributed by atoms with van der Waals surface area (Å²) in [7, 11) is 11.0. The molecule has 4 aromatic carbocycles. The predicted octanol–water partition coefficient (Wildman–Crippen LogP) is 6.27. The standard InChI is InChI=1S/C40H46O14/c1-19(53-21(3)41)13-23-15-25-27(17-29(23)45-5)35(47-7)33(39(43)51-11)37(49-9)31(25)32-26-16-24(14-20(2)54-22(4)42)30(46-6)18-28(26)36(48-8)34(38(32)50-10)40(44)52-12/h15-20H,13-14H2,1-12H3/t19-,20-/m1/s1. The molecule has 0 unspecified atom stereocenters. The maximum atomic E-state index is 13.7. The van der Waals surface area contributed by atoms with E-state index in [2.05, 4.69) is 0 Å². The Hall–Kier alpha value is -5.92. The van der Waals surface area contributed by atoms with Crippen LogP contribution in [-0.4, -0.2) is 93.0 Å². The fraction of sp³-hybridized carbons (Fsp3) is 0.400. The quantitative estimate of drug-likeness (QED) is 0.0987. The van der Waals surface area contributed by atoms with Crippen LogP contribution in [0.4, 0.5) is 0 Å². The summed E-state index contributed by atoms with van der Waals surface area (Å²) in [5.41, 5.74) is 1.76. The molecule has 0 saturated heterocycles. The van der Waals surface area contributed by atoms with Gasteiger partial charge in [-0.25, -0.2) is 9.59 Å². The zero-order valence-electron chi connectivity index (χ0n) is 32.6. The summed E-state index contributed by atoms with van der Waals surface area (Å²) >= 11 is 0. The summed E-state index contributed by atoms with van der Waals surface area (Å²) in [5, 5.41) is 1.79. The van der Waals surface area contributed by atoms with Gasteiger partial charge in [-0.05, 0) is 60.0 Å². The first-order valence-corrected chi connectivity index (χ1v) is 16.8. The van der Waals surface area contributed by atoms with Crippen molar-refractivity contribution >= 4 is 45.4 Å². The van der Waals surface area contributed by atoms with E-state index >= 15 is 0 Å². The molecule has 0 bridgehead atoms. The summed E-state index contributed by atoms with van der Waals surface area (Å²) in [5.74, 6) is -1.32. The Morgan fingerprint density at radius 2 is 0.815 bits per heavy atom. The van der Waals surface area contributed by atoms with Gasteiger partial charge in [-0.15, -0.1) is 0 Å². The van der Waals surface area contributed by atoms with Crippen molar-refractivity contribution in [2.75, 3.05) is 56.9 Å². The molecule has 0 N–H and O–H groups in total. The molecule has 14 heteroatoms. The number of methoxy groups -OCH3 is 8. The van der Waals surface area contributed by atoms with Crippen molar-refractivity contribution in [3.63, 3.8) is 0 Å². The van der Waals surface area contributed by atoms with E-state index < -0.39 is 36.1 Å². The van der Waals surface area contributed by atoms with E-state index in [1.54, 1.807) is 26.0 Å². The topological polar surface area (TPSA) is 161 Å². The molecule has 0 saturated carbocycles. The minimum Gasteiger partial charge on any atom is -0.496 e. The van der Waals surface area contributed by atoms with Crippen molar-refractivity contribution in [2.45, 2.75) is 52.7 Å². The molecule has 290 valence electrons. The Morgan fingerprint density at radius 1 is 0.481 bits per heavy atom. The second-order valence-electron chi connectivity index (χ2n) is 12.3. The van der Waals surface area contributed by atoms with E-state index in [0.717, 1.165) is 0 Å². The average molecular weight is 751 g/mol. The molecule has 4 aromatic rings. The van der Waals surface area contributed by atoms with Gasteiger partial charge in [-0.1, -0.05) is 0 Å². The number of carbonyl (C=O) groups is 4. The highest BCUT2D eigenvalue weighted by molar-refractivity contribution is 6.20. The molecule has 14 nitrogen and oxygen atoms in total. The molecule has 0 aromatic heterocycles. The van der Waals surface area contributed by atoms with E-state index in [-0.39, 0.29) is 47.0 Å². The predicted molar refractivity (Wildman–Crippen MR) is 199 cm³/mol. The molecule has 0 fully saturated rings. The molecule has 0 aliphatic carbocycles. The Labute approximate surface area is 313 Å².